The molecular formula is C16H29N3O2. The van der Waals surface area contributed by atoms with Crippen molar-refractivity contribution in [1.29, 1.82) is 0 Å². The van der Waals surface area contributed by atoms with E-state index in [1.807, 2.05) is 26.8 Å². The number of nitrogens with one attached hydrogen (secondary N) is 1. The van der Waals surface area contributed by atoms with Crippen molar-refractivity contribution in [3.63, 3.8) is 0 Å². The summed E-state index contributed by atoms with van der Waals surface area (Å²) in [5, 5.41) is 12.6. The summed E-state index contributed by atoms with van der Waals surface area (Å²) in [7, 11) is 0. The van der Waals surface area contributed by atoms with E-state index in [-0.39, 0.29) is 23.7 Å². The van der Waals surface area contributed by atoms with Crippen LogP contribution in [-0.2, 0) is 0 Å². The number of pyridine rings is 1. The maximum atomic E-state index is 9.22. The molecule has 0 aromatic carbocycles. The van der Waals surface area contributed by atoms with Crippen molar-refractivity contribution in [2.45, 2.75) is 59.6 Å². The Morgan fingerprint density at radius 3 is 2.33 bits per heavy atom. The number of aliphatic hydroxyl groups is 1. The molecule has 0 saturated heterocycles. The van der Waals surface area contributed by atoms with E-state index in [9.17, 15) is 5.11 Å². The number of aromatic nitrogens is 1. The molecule has 1 rings (SSSR count). The number of hydrogen-bond acceptors (Lipinski definition) is 5. The van der Waals surface area contributed by atoms with E-state index in [1.165, 1.54) is 0 Å². The van der Waals surface area contributed by atoms with Crippen LogP contribution in [0.2, 0.25) is 0 Å². The van der Waals surface area contributed by atoms with Gasteiger partial charge in [-0.15, -0.1) is 0 Å². The highest BCUT2D eigenvalue weighted by Crippen LogP contribution is 2.28. The van der Waals surface area contributed by atoms with Crippen LogP contribution in [0, 0.1) is 5.41 Å². The molecule has 0 spiro atoms. The molecule has 0 aliphatic rings. The van der Waals surface area contributed by atoms with Crippen molar-refractivity contribution in [1.82, 2.24) is 4.98 Å². The molecule has 0 saturated carbocycles. The van der Waals surface area contributed by atoms with Crippen LogP contribution in [0.3, 0.4) is 0 Å². The number of nitrogens with zero attached hydrogens (tertiary/aromatic N) is 1. The summed E-state index contributed by atoms with van der Waals surface area (Å²) in [4.78, 5) is 4.45. The van der Waals surface area contributed by atoms with Crippen molar-refractivity contribution in [3.8, 4) is 5.88 Å². The van der Waals surface area contributed by atoms with Crippen molar-refractivity contribution in [2.75, 3.05) is 17.7 Å². The van der Waals surface area contributed by atoms with Gasteiger partial charge in [-0.3, -0.25) is 0 Å². The topological polar surface area (TPSA) is 80.4 Å². The maximum absolute atomic E-state index is 9.22. The Morgan fingerprint density at radius 2 is 1.86 bits per heavy atom. The van der Waals surface area contributed by atoms with Crippen LogP contribution in [-0.4, -0.2) is 28.3 Å². The van der Waals surface area contributed by atoms with Crippen molar-refractivity contribution in [3.05, 3.63) is 12.1 Å². The molecule has 21 heavy (non-hydrogen) atoms. The zero-order chi connectivity index (χ0) is 16.3. The van der Waals surface area contributed by atoms with Crippen LogP contribution in [0.25, 0.3) is 0 Å². The van der Waals surface area contributed by atoms with Crippen LogP contribution in [0.4, 0.5) is 11.5 Å². The van der Waals surface area contributed by atoms with Gasteiger partial charge in [0.2, 0.25) is 5.88 Å². The fourth-order valence-electron chi connectivity index (χ4n) is 1.93. The van der Waals surface area contributed by atoms with Gasteiger partial charge in [0, 0.05) is 12.6 Å². The van der Waals surface area contributed by atoms with Gasteiger partial charge in [-0.25, -0.2) is 0 Å². The lowest BCUT2D eigenvalue weighted by Gasteiger charge is -2.32. The predicted octanol–water partition coefficient (Wildman–Crippen LogP) is 3.05. The van der Waals surface area contributed by atoms with E-state index in [0.29, 0.717) is 23.8 Å². The van der Waals surface area contributed by atoms with Crippen LogP contribution in [0.15, 0.2) is 12.1 Å². The van der Waals surface area contributed by atoms with Gasteiger partial charge in [-0.1, -0.05) is 20.8 Å². The Balaban J connectivity index is 2.95. The summed E-state index contributed by atoms with van der Waals surface area (Å²) < 4.78 is 5.77. The highest BCUT2D eigenvalue weighted by Gasteiger charge is 2.25. The SMILES string of the molecule is CC(C)(C)Oc1nc(NC(CCO)C(C)(C)C)ccc1N. The van der Waals surface area contributed by atoms with E-state index in [4.69, 9.17) is 10.5 Å². The molecule has 5 nitrogen and oxygen atoms in total. The third-order valence-electron chi connectivity index (χ3n) is 3.08. The Kier molecular flexibility index (Phi) is 5.45. The molecule has 1 atom stereocenters. The van der Waals surface area contributed by atoms with Gasteiger partial charge in [-0.05, 0) is 44.7 Å². The fourth-order valence-corrected chi connectivity index (χ4v) is 1.93. The number of hydrogen-bond donors (Lipinski definition) is 3. The Morgan fingerprint density at radius 1 is 1.24 bits per heavy atom. The minimum atomic E-state index is -0.353. The van der Waals surface area contributed by atoms with Gasteiger partial charge in [-0.2, -0.15) is 4.98 Å². The summed E-state index contributed by atoms with van der Waals surface area (Å²) in [5.41, 5.74) is 6.09. The Bertz CT molecular complexity index is 462. The molecule has 1 unspecified atom stereocenters. The number of rotatable bonds is 5. The molecule has 0 aliphatic carbocycles. The first-order chi connectivity index (χ1) is 9.53. The normalized spacial score (nSPS) is 13.9. The molecule has 0 fully saturated rings. The molecule has 1 aromatic heterocycles. The van der Waals surface area contributed by atoms with Crippen molar-refractivity contribution >= 4 is 11.5 Å². The Hall–Kier alpha value is -1.49. The fraction of sp³-hybridized carbons (Fsp3) is 0.688. The number of nitrogens with two attached hydrogens (primary N) is 1. The average molecular weight is 295 g/mol. The van der Waals surface area contributed by atoms with Crippen LogP contribution in [0.1, 0.15) is 48.0 Å². The molecule has 1 aromatic rings. The van der Waals surface area contributed by atoms with E-state index in [1.54, 1.807) is 6.07 Å². The monoisotopic (exact) mass is 295 g/mol. The Labute approximate surface area is 127 Å². The van der Waals surface area contributed by atoms with Crippen molar-refractivity contribution in [2.24, 2.45) is 5.41 Å². The van der Waals surface area contributed by atoms with Crippen molar-refractivity contribution < 1.29 is 9.84 Å². The highest BCUT2D eigenvalue weighted by molar-refractivity contribution is 5.54. The first kappa shape index (κ1) is 17.6. The second kappa shape index (κ2) is 6.52. The predicted molar refractivity (Wildman–Crippen MR) is 87.6 cm³/mol. The number of anilines is 2. The minimum Gasteiger partial charge on any atom is -0.470 e. The quantitative estimate of drug-likeness (QED) is 0.778. The van der Waals surface area contributed by atoms with Gasteiger partial charge in [0.15, 0.2) is 0 Å². The van der Waals surface area contributed by atoms with E-state index in [2.05, 4.69) is 31.1 Å². The van der Waals surface area contributed by atoms with Gasteiger partial charge < -0.3 is 20.9 Å². The van der Waals surface area contributed by atoms with Gasteiger partial charge in [0.1, 0.15) is 11.4 Å². The second-order valence-electron chi connectivity index (χ2n) is 7.38. The third kappa shape index (κ3) is 5.79. The largest absolute Gasteiger partial charge is 0.470 e. The first-order valence-electron chi connectivity index (χ1n) is 7.36. The lowest BCUT2D eigenvalue weighted by molar-refractivity contribution is 0.125. The average Bonchev–Trinajstić information content (AvgIpc) is 2.30. The molecule has 1 heterocycles. The van der Waals surface area contributed by atoms with E-state index in [0.717, 1.165) is 0 Å². The van der Waals surface area contributed by atoms with Crippen LogP contribution >= 0.6 is 0 Å². The van der Waals surface area contributed by atoms with Gasteiger partial charge >= 0.3 is 0 Å². The zero-order valence-corrected chi connectivity index (χ0v) is 14.0. The summed E-state index contributed by atoms with van der Waals surface area (Å²) in [6, 6.07) is 3.73. The molecule has 4 N–H and O–H groups in total. The van der Waals surface area contributed by atoms with Crippen LogP contribution < -0.4 is 15.8 Å². The lowest BCUT2D eigenvalue weighted by Crippen LogP contribution is -2.35. The molecule has 5 heteroatoms. The molecule has 0 bridgehead atoms. The van der Waals surface area contributed by atoms with E-state index >= 15 is 0 Å². The molecular weight excluding hydrogens is 266 g/mol. The minimum absolute atomic E-state index is 0.0108. The smallest absolute Gasteiger partial charge is 0.239 e. The zero-order valence-electron chi connectivity index (χ0n) is 14.0. The third-order valence-corrected chi connectivity index (χ3v) is 3.08. The molecule has 0 aliphatic heterocycles. The first-order valence-corrected chi connectivity index (χ1v) is 7.36. The van der Waals surface area contributed by atoms with Crippen LogP contribution in [0.5, 0.6) is 5.88 Å². The lowest BCUT2D eigenvalue weighted by atomic mass is 9.85. The number of nitrogen functional groups attached to an aromatic ring is 1. The summed E-state index contributed by atoms with van der Waals surface area (Å²) in [5.74, 6) is 1.14. The number of aliphatic hydroxyl groups excluding tert-OH is 1. The summed E-state index contributed by atoms with van der Waals surface area (Å²) in [6.45, 7) is 12.4. The summed E-state index contributed by atoms with van der Waals surface area (Å²) >= 11 is 0. The molecule has 120 valence electrons. The maximum Gasteiger partial charge on any atom is 0.239 e. The van der Waals surface area contributed by atoms with Gasteiger partial charge in [0.25, 0.3) is 0 Å². The number of ether oxygens (including phenoxy) is 1. The van der Waals surface area contributed by atoms with Gasteiger partial charge in [0.05, 0.1) is 5.69 Å². The second-order valence-corrected chi connectivity index (χ2v) is 7.38. The standard InChI is InChI=1S/C16H29N3O2/c1-15(2,3)12(9-10-20)18-13-8-7-11(17)14(19-13)21-16(4,5)6/h7-8,12,20H,9-10,17H2,1-6H3,(H,18,19). The summed E-state index contributed by atoms with van der Waals surface area (Å²) in [6.07, 6.45) is 0.658. The molecule has 0 radical (unpaired) electrons. The highest BCUT2D eigenvalue weighted by atomic mass is 16.5. The van der Waals surface area contributed by atoms with E-state index < -0.39 is 0 Å². The molecule has 0 amide bonds.